The van der Waals surface area contributed by atoms with Crippen molar-refractivity contribution in [3.8, 4) is 11.1 Å². The van der Waals surface area contributed by atoms with Crippen molar-refractivity contribution in [3.05, 3.63) is 58.9 Å². The Morgan fingerprint density at radius 3 is 2.19 bits per heavy atom. The Hall–Kier alpha value is -1.77. The second kappa shape index (κ2) is 6.79. The third-order valence-electron chi connectivity index (χ3n) is 3.72. The van der Waals surface area contributed by atoms with Crippen LogP contribution in [-0.4, -0.2) is 0 Å². The van der Waals surface area contributed by atoms with Crippen molar-refractivity contribution in [2.24, 2.45) is 0 Å². The Kier molecular flexibility index (Phi) is 5.05. The first-order valence-electron chi connectivity index (χ1n) is 7.28. The molecule has 0 nitrogen and oxygen atoms in total. The van der Waals surface area contributed by atoms with E-state index in [0.29, 0.717) is 5.56 Å². The maximum absolute atomic E-state index is 13.9. The normalized spacial score (nSPS) is 10.9. The van der Waals surface area contributed by atoms with Crippen molar-refractivity contribution in [3.63, 3.8) is 0 Å². The predicted molar refractivity (Wildman–Crippen MR) is 79.7 cm³/mol. The van der Waals surface area contributed by atoms with E-state index in [1.807, 2.05) is 12.1 Å². The molecule has 0 radical (unpaired) electrons. The van der Waals surface area contributed by atoms with Gasteiger partial charge in [0, 0.05) is 11.1 Å². The molecule has 0 aliphatic rings. The first-order chi connectivity index (χ1) is 10.0. The lowest BCUT2D eigenvalue weighted by Crippen LogP contribution is -1.97. The zero-order valence-electron chi connectivity index (χ0n) is 12.3. The highest BCUT2D eigenvalue weighted by atomic mass is 19.2. The number of unbranched alkanes of at least 4 members (excludes halogenated alkanes) is 2. The van der Waals surface area contributed by atoms with Crippen LogP contribution in [0.2, 0.25) is 0 Å². The molecule has 0 fully saturated rings. The minimum absolute atomic E-state index is 0.0318. The summed E-state index contributed by atoms with van der Waals surface area (Å²) in [5.74, 6) is -2.83. The van der Waals surface area contributed by atoms with Crippen LogP contribution in [-0.2, 0) is 6.42 Å². The molecule has 0 aromatic heterocycles. The van der Waals surface area contributed by atoms with Crippen molar-refractivity contribution in [2.75, 3.05) is 0 Å². The van der Waals surface area contributed by atoms with Gasteiger partial charge in [0.1, 0.15) is 5.82 Å². The first kappa shape index (κ1) is 15.6. The van der Waals surface area contributed by atoms with Crippen LogP contribution in [0.15, 0.2) is 30.3 Å². The molecule has 0 bridgehead atoms. The number of benzene rings is 2. The Balaban J connectivity index is 2.27. The summed E-state index contributed by atoms with van der Waals surface area (Å²) in [6, 6.07) is 8.27. The van der Waals surface area contributed by atoms with E-state index in [1.165, 1.54) is 13.3 Å². The van der Waals surface area contributed by atoms with Gasteiger partial charge < -0.3 is 0 Å². The molecule has 0 aliphatic heterocycles. The van der Waals surface area contributed by atoms with Crippen LogP contribution in [0.3, 0.4) is 0 Å². The Bertz CT molecular complexity index is 615. The van der Waals surface area contributed by atoms with E-state index >= 15 is 0 Å². The van der Waals surface area contributed by atoms with Crippen molar-refractivity contribution >= 4 is 0 Å². The molecule has 0 saturated heterocycles. The highest BCUT2D eigenvalue weighted by Crippen LogP contribution is 2.28. The van der Waals surface area contributed by atoms with Crippen molar-refractivity contribution in [1.82, 2.24) is 0 Å². The molecule has 3 heteroatoms. The summed E-state index contributed by atoms with van der Waals surface area (Å²) < 4.78 is 41.1. The molecule has 0 unspecified atom stereocenters. The second-order valence-electron chi connectivity index (χ2n) is 5.31. The van der Waals surface area contributed by atoms with E-state index in [1.54, 1.807) is 12.1 Å². The fourth-order valence-corrected chi connectivity index (χ4v) is 2.33. The standard InChI is InChI=1S/C18H19F3/c1-3-4-5-6-13-7-9-14(10-8-13)15-11-16(19)12(2)17(20)18(15)21/h7-11H,3-6H2,1-2H3. The second-order valence-corrected chi connectivity index (χ2v) is 5.31. The quantitative estimate of drug-likeness (QED) is 0.481. The van der Waals surface area contributed by atoms with Gasteiger partial charge in [0.25, 0.3) is 0 Å². The maximum atomic E-state index is 13.9. The van der Waals surface area contributed by atoms with E-state index in [2.05, 4.69) is 6.92 Å². The van der Waals surface area contributed by atoms with Gasteiger partial charge in [-0.05, 0) is 37.0 Å². The molecule has 0 saturated carbocycles. The van der Waals surface area contributed by atoms with Gasteiger partial charge in [-0.1, -0.05) is 44.0 Å². The summed E-state index contributed by atoms with van der Waals surface area (Å²) in [5.41, 5.74) is 1.33. The lowest BCUT2D eigenvalue weighted by Gasteiger charge is -2.09. The zero-order chi connectivity index (χ0) is 15.4. The molecule has 0 atom stereocenters. The van der Waals surface area contributed by atoms with Gasteiger partial charge in [0.15, 0.2) is 11.6 Å². The molecule has 0 heterocycles. The average Bonchev–Trinajstić information content (AvgIpc) is 2.50. The van der Waals surface area contributed by atoms with Gasteiger partial charge in [-0.2, -0.15) is 0 Å². The van der Waals surface area contributed by atoms with Gasteiger partial charge in [-0.25, -0.2) is 13.2 Å². The molecule has 0 aliphatic carbocycles. The van der Waals surface area contributed by atoms with Crippen LogP contribution in [0, 0.1) is 24.4 Å². The maximum Gasteiger partial charge on any atom is 0.167 e. The number of hydrogen-bond donors (Lipinski definition) is 0. The van der Waals surface area contributed by atoms with Crippen LogP contribution in [0.1, 0.15) is 37.3 Å². The fraction of sp³-hybridized carbons (Fsp3) is 0.333. The lowest BCUT2D eigenvalue weighted by atomic mass is 9.99. The summed E-state index contributed by atoms with van der Waals surface area (Å²) in [7, 11) is 0. The van der Waals surface area contributed by atoms with E-state index in [9.17, 15) is 13.2 Å². The monoisotopic (exact) mass is 292 g/mol. The van der Waals surface area contributed by atoms with Crippen molar-refractivity contribution < 1.29 is 13.2 Å². The minimum atomic E-state index is -1.11. The predicted octanol–water partition coefficient (Wildman–Crippen LogP) is 5.81. The Morgan fingerprint density at radius 1 is 0.905 bits per heavy atom. The minimum Gasteiger partial charge on any atom is -0.207 e. The van der Waals surface area contributed by atoms with Crippen molar-refractivity contribution in [2.45, 2.75) is 39.5 Å². The van der Waals surface area contributed by atoms with Gasteiger partial charge in [0.05, 0.1) is 0 Å². The molecule has 112 valence electrons. The first-order valence-corrected chi connectivity index (χ1v) is 7.28. The van der Waals surface area contributed by atoms with Crippen LogP contribution >= 0.6 is 0 Å². The van der Waals surface area contributed by atoms with Gasteiger partial charge in [-0.15, -0.1) is 0 Å². The number of halogens is 3. The highest BCUT2D eigenvalue weighted by molar-refractivity contribution is 5.65. The molecular formula is C18H19F3. The SMILES string of the molecule is CCCCCc1ccc(-c2cc(F)c(C)c(F)c2F)cc1. The smallest absolute Gasteiger partial charge is 0.167 e. The molecule has 21 heavy (non-hydrogen) atoms. The third-order valence-corrected chi connectivity index (χ3v) is 3.72. The summed E-state index contributed by atoms with van der Waals surface area (Å²) in [6.45, 7) is 3.38. The summed E-state index contributed by atoms with van der Waals surface area (Å²) in [5, 5.41) is 0. The summed E-state index contributed by atoms with van der Waals surface area (Å²) in [4.78, 5) is 0. The van der Waals surface area contributed by atoms with Gasteiger partial charge >= 0.3 is 0 Å². The molecule has 2 aromatic carbocycles. The molecule has 0 spiro atoms. The topological polar surface area (TPSA) is 0 Å². The molecule has 2 rings (SSSR count). The van der Waals surface area contributed by atoms with E-state index in [0.717, 1.165) is 30.9 Å². The van der Waals surface area contributed by atoms with Crippen LogP contribution in [0.25, 0.3) is 11.1 Å². The largest absolute Gasteiger partial charge is 0.207 e. The summed E-state index contributed by atoms with van der Waals surface area (Å²) >= 11 is 0. The Morgan fingerprint density at radius 2 is 1.57 bits per heavy atom. The van der Waals surface area contributed by atoms with Crippen molar-refractivity contribution in [1.29, 1.82) is 0 Å². The fourth-order valence-electron chi connectivity index (χ4n) is 2.33. The highest BCUT2D eigenvalue weighted by Gasteiger charge is 2.16. The van der Waals surface area contributed by atoms with Gasteiger partial charge in [-0.3, -0.25) is 0 Å². The van der Waals surface area contributed by atoms with E-state index in [-0.39, 0.29) is 11.1 Å². The number of aryl methyl sites for hydroxylation is 1. The number of hydrogen-bond acceptors (Lipinski definition) is 0. The van der Waals surface area contributed by atoms with Gasteiger partial charge in [0.2, 0.25) is 0 Å². The molecule has 0 amide bonds. The molecule has 0 N–H and O–H groups in total. The van der Waals surface area contributed by atoms with Crippen LogP contribution in [0.4, 0.5) is 13.2 Å². The third kappa shape index (κ3) is 3.46. The van der Waals surface area contributed by atoms with Crippen LogP contribution < -0.4 is 0 Å². The molecular weight excluding hydrogens is 273 g/mol. The lowest BCUT2D eigenvalue weighted by molar-refractivity contribution is 0.489. The summed E-state index contributed by atoms with van der Waals surface area (Å²) in [6.07, 6.45) is 4.40. The average molecular weight is 292 g/mol. The molecule has 2 aromatic rings. The van der Waals surface area contributed by atoms with E-state index < -0.39 is 17.5 Å². The number of rotatable bonds is 5. The zero-order valence-corrected chi connectivity index (χ0v) is 12.3. The van der Waals surface area contributed by atoms with E-state index in [4.69, 9.17) is 0 Å². The van der Waals surface area contributed by atoms with Crippen LogP contribution in [0.5, 0.6) is 0 Å². The Labute approximate surface area is 123 Å².